The molecule has 1 aromatic carbocycles. The summed E-state index contributed by atoms with van der Waals surface area (Å²) >= 11 is 0. The van der Waals surface area contributed by atoms with Gasteiger partial charge in [0.2, 0.25) is 5.91 Å². The molecule has 1 atom stereocenters. The molecule has 1 aliphatic heterocycles. The molecule has 1 N–H and O–H groups in total. The lowest BCUT2D eigenvalue weighted by molar-refractivity contribution is -0.140. The molecule has 1 aromatic rings. The van der Waals surface area contributed by atoms with Gasteiger partial charge >= 0.3 is 0 Å². The van der Waals surface area contributed by atoms with Crippen molar-refractivity contribution in [2.45, 2.75) is 38.2 Å². The molecule has 0 radical (unpaired) electrons. The Balaban J connectivity index is 1.59. The van der Waals surface area contributed by atoms with E-state index in [1.807, 2.05) is 23.1 Å². The maximum Gasteiger partial charge on any atom is 0.226 e. The zero-order valence-corrected chi connectivity index (χ0v) is 13.9. The molecule has 1 saturated heterocycles. The number of amides is 1. The number of benzene rings is 1. The number of aliphatic hydroxyl groups is 1. The summed E-state index contributed by atoms with van der Waals surface area (Å²) in [7, 11) is 3.19. The monoisotopic (exact) mass is 319 g/mol. The minimum Gasteiger partial charge on any atom is -0.493 e. The number of carbonyl (C=O) groups excluding carboxylic acids is 1. The van der Waals surface area contributed by atoms with Crippen LogP contribution in [0.3, 0.4) is 0 Å². The molecule has 2 aliphatic rings. The summed E-state index contributed by atoms with van der Waals surface area (Å²) in [6, 6.07) is 5.59. The van der Waals surface area contributed by atoms with Gasteiger partial charge in [0.1, 0.15) is 0 Å². The van der Waals surface area contributed by atoms with Crippen molar-refractivity contribution in [3.8, 4) is 11.5 Å². The van der Waals surface area contributed by atoms with Gasteiger partial charge in [-0.2, -0.15) is 0 Å². The van der Waals surface area contributed by atoms with Crippen molar-refractivity contribution >= 4 is 5.91 Å². The third kappa shape index (κ3) is 3.02. The summed E-state index contributed by atoms with van der Waals surface area (Å²) in [5.74, 6) is 1.46. The van der Waals surface area contributed by atoms with Crippen LogP contribution in [-0.2, 0) is 11.2 Å². The first-order valence-corrected chi connectivity index (χ1v) is 8.25. The molecule has 1 saturated carbocycles. The standard InChI is InChI=1S/C18H25NO4/c1-22-14-4-3-13(11-15(14)23-2)12-17(21)19-9-7-18(8-10-19)6-5-16(18)20/h3-4,11,16,20H,5-10,12H2,1-2H3. The number of nitrogens with zero attached hydrogens (tertiary/aromatic N) is 1. The summed E-state index contributed by atoms with van der Waals surface area (Å²) in [6.45, 7) is 1.51. The molecular formula is C18H25NO4. The van der Waals surface area contributed by atoms with Crippen molar-refractivity contribution in [1.29, 1.82) is 0 Å². The number of methoxy groups -OCH3 is 2. The Morgan fingerprint density at radius 1 is 1.22 bits per heavy atom. The number of hydrogen-bond acceptors (Lipinski definition) is 4. The highest BCUT2D eigenvalue weighted by Crippen LogP contribution is 2.49. The van der Waals surface area contributed by atoms with Crippen molar-refractivity contribution in [3.63, 3.8) is 0 Å². The summed E-state index contributed by atoms with van der Waals surface area (Å²) < 4.78 is 10.5. The van der Waals surface area contributed by atoms with Crippen LogP contribution in [0.15, 0.2) is 18.2 Å². The second kappa shape index (κ2) is 6.40. The average Bonchev–Trinajstić information content (AvgIpc) is 2.60. The average molecular weight is 319 g/mol. The van der Waals surface area contributed by atoms with Crippen LogP contribution in [0.4, 0.5) is 0 Å². The largest absolute Gasteiger partial charge is 0.493 e. The smallest absolute Gasteiger partial charge is 0.226 e. The molecule has 1 amide bonds. The number of rotatable bonds is 4. The molecule has 1 spiro atoms. The van der Waals surface area contributed by atoms with Crippen molar-refractivity contribution in [1.82, 2.24) is 4.90 Å². The van der Waals surface area contributed by atoms with E-state index in [2.05, 4.69) is 0 Å². The molecule has 1 aliphatic carbocycles. The lowest BCUT2D eigenvalue weighted by Crippen LogP contribution is -2.53. The summed E-state index contributed by atoms with van der Waals surface area (Å²) in [5.41, 5.74) is 1.02. The Labute approximate surface area is 137 Å². The molecule has 5 heteroatoms. The van der Waals surface area contributed by atoms with Gasteiger partial charge < -0.3 is 19.5 Å². The fourth-order valence-electron chi connectivity index (χ4n) is 3.74. The zero-order valence-electron chi connectivity index (χ0n) is 13.9. The summed E-state index contributed by atoms with van der Waals surface area (Å²) in [5, 5.41) is 9.96. The highest BCUT2D eigenvalue weighted by Gasteiger charge is 2.47. The van der Waals surface area contributed by atoms with Crippen LogP contribution in [0.5, 0.6) is 11.5 Å². The van der Waals surface area contributed by atoms with Gasteiger partial charge in [-0.05, 0) is 48.8 Å². The van der Waals surface area contributed by atoms with E-state index < -0.39 is 0 Å². The highest BCUT2D eigenvalue weighted by molar-refractivity contribution is 5.79. The predicted octanol–water partition coefficient (Wildman–Crippen LogP) is 2.01. The minimum atomic E-state index is -0.161. The molecule has 126 valence electrons. The zero-order chi connectivity index (χ0) is 16.4. The second-order valence-corrected chi connectivity index (χ2v) is 6.66. The van der Waals surface area contributed by atoms with E-state index in [0.29, 0.717) is 17.9 Å². The van der Waals surface area contributed by atoms with Gasteiger partial charge in [-0.15, -0.1) is 0 Å². The number of aliphatic hydroxyl groups excluding tert-OH is 1. The Morgan fingerprint density at radius 2 is 1.91 bits per heavy atom. The summed E-state index contributed by atoms with van der Waals surface area (Å²) in [4.78, 5) is 14.4. The second-order valence-electron chi connectivity index (χ2n) is 6.66. The van der Waals surface area contributed by atoms with Crippen molar-refractivity contribution < 1.29 is 19.4 Å². The third-order valence-corrected chi connectivity index (χ3v) is 5.54. The van der Waals surface area contributed by atoms with Crippen molar-refractivity contribution in [2.24, 2.45) is 5.41 Å². The number of hydrogen-bond donors (Lipinski definition) is 1. The van der Waals surface area contributed by atoms with E-state index in [-0.39, 0.29) is 17.4 Å². The number of ether oxygens (including phenoxy) is 2. The van der Waals surface area contributed by atoms with Gasteiger partial charge in [-0.3, -0.25) is 4.79 Å². The summed E-state index contributed by atoms with van der Waals surface area (Å²) in [6.07, 6.45) is 4.07. The fraction of sp³-hybridized carbons (Fsp3) is 0.611. The van der Waals surface area contributed by atoms with Crippen molar-refractivity contribution in [3.05, 3.63) is 23.8 Å². The molecular weight excluding hydrogens is 294 g/mol. The molecule has 23 heavy (non-hydrogen) atoms. The predicted molar refractivity (Wildman–Crippen MR) is 86.7 cm³/mol. The van der Waals surface area contributed by atoms with E-state index in [1.54, 1.807) is 14.2 Å². The van der Waals surface area contributed by atoms with E-state index in [9.17, 15) is 9.90 Å². The van der Waals surface area contributed by atoms with Crippen LogP contribution in [-0.4, -0.2) is 49.3 Å². The first kappa shape index (κ1) is 16.1. The van der Waals surface area contributed by atoms with Gasteiger partial charge in [0, 0.05) is 13.1 Å². The van der Waals surface area contributed by atoms with Crippen LogP contribution in [0, 0.1) is 5.41 Å². The van der Waals surface area contributed by atoms with Gasteiger partial charge in [-0.25, -0.2) is 0 Å². The third-order valence-electron chi connectivity index (χ3n) is 5.54. The first-order chi connectivity index (χ1) is 11.1. The minimum absolute atomic E-state index is 0.0973. The fourth-order valence-corrected chi connectivity index (χ4v) is 3.74. The first-order valence-electron chi connectivity index (χ1n) is 8.25. The quantitative estimate of drug-likeness (QED) is 0.922. The molecule has 1 unspecified atom stereocenters. The SMILES string of the molecule is COc1ccc(CC(=O)N2CCC3(CCC3O)CC2)cc1OC. The van der Waals surface area contributed by atoms with Crippen LogP contribution in [0.1, 0.15) is 31.2 Å². The van der Waals surface area contributed by atoms with E-state index >= 15 is 0 Å². The van der Waals surface area contributed by atoms with E-state index in [4.69, 9.17) is 9.47 Å². The maximum absolute atomic E-state index is 12.5. The Morgan fingerprint density at radius 3 is 2.43 bits per heavy atom. The van der Waals surface area contributed by atoms with Crippen LogP contribution in [0.2, 0.25) is 0 Å². The number of likely N-dealkylation sites (tertiary alicyclic amines) is 1. The molecule has 1 heterocycles. The number of carbonyl (C=O) groups is 1. The van der Waals surface area contributed by atoms with Crippen LogP contribution in [0.25, 0.3) is 0 Å². The lowest BCUT2D eigenvalue weighted by Gasteiger charge is -2.51. The lowest BCUT2D eigenvalue weighted by atomic mass is 9.61. The Kier molecular flexibility index (Phi) is 4.48. The normalized spacial score (nSPS) is 22.6. The molecule has 0 bridgehead atoms. The van der Waals surface area contributed by atoms with Gasteiger partial charge in [0.25, 0.3) is 0 Å². The van der Waals surface area contributed by atoms with Gasteiger partial charge in [-0.1, -0.05) is 6.07 Å². The molecule has 2 fully saturated rings. The van der Waals surface area contributed by atoms with Crippen LogP contribution < -0.4 is 9.47 Å². The van der Waals surface area contributed by atoms with Gasteiger partial charge in [0.05, 0.1) is 26.7 Å². The molecule has 3 rings (SSSR count). The Hall–Kier alpha value is -1.75. The molecule has 5 nitrogen and oxygen atoms in total. The Bertz CT molecular complexity index is 578. The maximum atomic E-state index is 12.5. The topological polar surface area (TPSA) is 59.0 Å². The highest BCUT2D eigenvalue weighted by atomic mass is 16.5. The van der Waals surface area contributed by atoms with Crippen molar-refractivity contribution in [2.75, 3.05) is 27.3 Å². The van der Waals surface area contributed by atoms with Gasteiger partial charge in [0.15, 0.2) is 11.5 Å². The van der Waals surface area contributed by atoms with E-state index in [0.717, 1.165) is 44.3 Å². The van der Waals surface area contributed by atoms with E-state index in [1.165, 1.54) is 0 Å². The number of piperidine rings is 1. The van der Waals surface area contributed by atoms with Crippen LogP contribution >= 0.6 is 0 Å². The molecule has 0 aromatic heterocycles.